The number of aromatic nitrogens is 1. The van der Waals surface area contributed by atoms with Crippen LogP contribution >= 0.6 is 24.0 Å². The third-order valence-corrected chi connectivity index (χ3v) is 8.25. The first-order valence-electron chi connectivity index (χ1n) is 12.1. The van der Waals surface area contributed by atoms with Gasteiger partial charge in [-0.15, -0.1) is 0 Å². The maximum Gasteiger partial charge on any atom is 0.266 e. The molecule has 2 amide bonds. The van der Waals surface area contributed by atoms with Crippen LogP contribution in [-0.2, 0) is 29.1 Å². The molecule has 3 aromatic rings. The summed E-state index contributed by atoms with van der Waals surface area (Å²) in [7, 11) is 0. The Bertz CT molecular complexity index is 1310. The highest BCUT2D eigenvalue weighted by Crippen LogP contribution is 2.36. The van der Waals surface area contributed by atoms with Gasteiger partial charge in [-0.25, -0.2) is 0 Å². The van der Waals surface area contributed by atoms with Crippen molar-refractivity contribution >= 4 is 57.1 Å². The minimum Gasteiger partial charge on any atom is -0.467 e. The lowest BCUT2D eigenvalue weighted by Crippen LogP contribution is -2.43. The Morgan fingerprint density at radius 1 is 1.26 bits per heavy atom. The van der Waals surface area contributed by atoms with E-state index in [2.05, 4.69) is 30.5 Å². The van der Waals surface area contributed by atoms with Crippen molar-refractivity contribution in [1.29, 1.82) is 0 Å². The van der Waals surface area contributed by atoms with Gasteiger partial charge < -0.3 is 13.9 Å². The van der Waals surface area contributed by atoms with E-state index in [4.69, 9.17) is 16.6 Å². The molecule has 0 N–H and O–H groups in total. The fourth-order valence-electron chi connectivity index (χ4n) is 5.03. The van der Waals surface area contributed by atoms with Crippen LogP contribution < -0.4 is 0 Å². The average Bonchev–Trinajstić information content (AvgIpc) is 3.55. The van der Waals surface area contributed by atoms with Gasteiger partial charge in [0.15, 0.2) is 0 Å². The maximum absolute atomic E-state index is 13.3. The van der Waals surface area contributed by atoms with Gasteiger partial charge in [0.05, 0.1) is 23.2 Å². The fraction of sp³-hybridized carbons (Fsp3) is 0.370. The molecule has 0 radical (unpaired) electrons. The summed E-state index contributed by atoms with van der Waals surface area (Å²) in [5.74, 6) is 0.718. The Balaban J connectivity index is 1.48. The van der Waals surface area contributed by atoms with E-state index in [-0.39, 0.29) is 17.9 Å². The number of amides is 2. The monoisotopic (exact) mass is 507 g/mol. The quantitative estimate of drug-likeness (QED) is 0.321. The third-order valence-electron chi connectivity index (χ3n) is 6.88. The molecule has 4 heterocycles. The van der Waals surface area contributed by atoms with E-state index < -0.39 is 0 Å². The van der Waals surface area contributed by atoms with E-state index in [1.807, 2.05) is 29.3 Å². The van der Waals surface area contributed by atoms with Crippen LogP contribution in [0.4, 0.5) is 0 Å². The van der Waals surface area contributed by atoms with Gasteiger partial charge >= 0.3 is 0 Å². The average molecular weight is 508 g/mol. The highest BCUT2D eigenvalue weighted by Gasteiger charge is 2.33. The highest BCUT2D eigenvalue weighted by atomic mass is 32.2. The van der Waals surface area contributed by atoms with Crippen molar-refractivity contribution < 1.29 is 14.0 Å². The number of thiocarbonyl (C=S) groups is 1. The molecule has 0 spiro atoms. The molecule has 1 atom stereocenters. The number of thioether (sulfide) groups is 1. The van der Waals surface area contributed by atoms with Crippen LogP contribution in [0.5, 0.6) is 0 Å². The molecule has 6 nitrogen and oxygen atoms in total. The number of para-hydroxylation sites is 1. The summed E-state index contributed by atoms with van der Waals surface area (Å²) in [4.78, 5) is 30.6. The summed E-state index contributed by atoms with van der Waals surface area (Å²) in [6.45, 7) is 5.70. The first-order valence-corrected chi connectivity index (χ1v) is 13.4. The smallest absolute Gasteiger partial charge is 0.266 e. The minimum atomic E-state index is -0.123. The van der Waals surface area contributed by atoms with Crippen molar-refractivity contribution in [2.45, 2.75) is 58.7 Å². The predicted octanol–water partition coefficient (Wildman–Crippen LogP) is 5.60. The van der Waals surface area contributed by atoms with Gasteiger partial charge in [0.2, 0.25) is 5.91 Å². The molecule has 2 fully saturated rings. The van der Waals surface area contributed by atoms with Crippen LogP contribution in [0.15, 0.2) is 52.1 Å². The molecular weight excluding hydrogens is 478 g/mol. The lowest BCUT2D eigenvalue weighted by molar-refractivity contribution is -0.135. The number of nitrogens with zero attached hydrogens (tertiary/aromatic N) is 3. The molecule has 0 aliphatic carbocycles. The van der Waals surface area contributed by atoms with Crippen LogP contribution in [0.3, 0.4) is 0 Å². The van der Waals surface area contributed by atoms with Crippen molar-refractivity contribution in [2.24, 2.45) is 0 Å². The number of furan rings is 1. The van der Waals surface area contributed by atoms with Gasteiger partial charge in [-0.3, -0.25) is 14.5 Å². The summed E-state index contributed by atoms with van der Waals surface area (Å²) in [6, 6.07) is 10.1. The van der Waals surface area contributed by atoms with E-state index >= 15 is 0 Å². The lowest BCUT2D eigenvalue weighted by atomic mass is 10.0. The molecule has 0 bridgehead atoms. The van der Waals surface area contributed by atoms with E-state index in [1.165, 1.54) is 23.7 Å². The molecule has 2 aliphatic heterocycles. The summed E-state index contributed by atoms with van der Waals surface area (Å²) < 4.78 is 7.99. The normalized spacial score (nSPS) is 19.9. The molecule has 5 rings (SSSR count). The largest absolute Gasteiger partial charge is 0.467 e. The molecule has 8 heteroatoms. The zero-order chi connectivity index (χ0) is 24.5. The number of rotatable bonds is 6. The van der Waals surface area contributed by atoms with Gasteiger partial charge in [-0.05, 0) is 56.4 Å². The number of aryl methyl sites for hydroxylation is 1. The van der Waals surface area contributed by atoms with Crippen LogP contribution in [0.1, 0.15) is 50.0 Å². The Kier molecular flexibility index (Phi) is 6.84. The molecular formula is C27H29N3O3S2. The van der Waals surface area contributed by atoms with Gasteiger partial charge in [-0.1, -0.05) is 49.1 Å². The number of likely N-dealkylation sites (tertiary alicyclic amines) is 1. The highest BCUT2D eigenvalue weighted by molar-refractivity contribution is 8.26. The lowest BCUT2D eigenvalue weighted by Gasteiger charge is -2.33. The van der Waals surface area contributed by atoms with Crippen LogP contribution in [-0.4, -0.2) is 43.1 Å². The Hall–Kier alpha value is -2.84. The number of carbonyl (C=O) groups excluding carboxylic acids is 2. The number of hydrogen-bond donors (Lipinski definition) is 0. The van der Waals surface area contributed by atoms with Gasteiger partial charge in [0.1, 0.15) is 16.6 Å². The molecule has 2 aromatic heterocycles. The van der Waals surface area contributed by atoms with Crippen molar-refractivity contribution in [3.63, 3.8) is 0 Å². The van der Waals surface area contributed by atoms with Crippen LogP contribution in [0.25, 0.3) is 17.0 Å². The molecule has 2 saturated heterocycles. The topological polar surface area (TPSA) is 58.7 Å². The Labute approximate surface area is 214 Å². The first-order chi connectivity index (χ1) is 17.0. The number of carbonyl (C=O) groups is 2. The zero-order valence-electron chi connectivity index (χ0n) is 20.0. The molecule has 182 valence electrons. The zero-order valence-corrected chi connectivity index (χ0v) is 21.7. The van der Waals surface area contributed by atoms with Crippen molar-refractivity contribution in [1.82, 2.24) is 14.4 Å². The predicted molar refractivity (Wildman–Crippen MR) is 144 cm³/mol. The van der Waals surface area contributed by atoms with E-state index in [0.29, 0.717) is 28.1 Å². The second-order valence-corrected chi connectivity index (χ2v) is 10.8. The second-order valence-electron chi connectivity index (χ2n) is 9.16. The second kappa shape index (κ2) is 10.0. The van der Waals surface area contributed by atoms with E-state index in [1.54, 1.807) is 17.2 Å². The number of benzene rings is 1. The third kappa shape index (κ3) is 4.69. The van der Waals surface area contributed by atoms with Crippen molar-refractivity contribution in [3.8, 4) is 0 Å². The number of fused-ring (bicyclic) bond motifs is 1. The van der Waals surface area contributed by atoms with E-state index in [0.717, 1.165) is 42.3 Å². The molecule has 1 aromatic carbocycles. The van der Waals surface area contributed by atoms with Gasteiger partial charge in [-0.2, -0.15) is 0 Å². The Morgan fingerprint density at radius 2 is 2.11 bits per heavy atom. The number of hydrogen-bond acceptors (Lipinski definition) is 5. The summed E-state index contributed by atoms with van der Waals surface area (Å²) >= 11 is 6.80. The maximum atomic E-state index is 13.3. The first kappa shape index (κ1) is 23.9. The number of piperidine rings is 1. The summed E-state index contributed by atoms with van der Waals surface area (Å²) in [6.07, 6.45) is 9.68. The fourth-order valence-corrected chi connectivity index (χ4v) is 6.28. The van der Waals surface area contributed by atoms with E-state index in [9.17, 15) is 9.59 Å². The molecule has 35 heavy (non-hydrogen) atoms. The standard InChI is InChI=1S/C27H29N3O3S2/c1-3-19-9-6-11-22-20(14-23-26(32)30(27(34)35-23)16-21-10-7-13-33-21)15-28(25(19)22)17-24(31)29-12-5-4-8-18(29)2/h6-7,9-11,13-15,18H,3-5,8,12,16-17H2,1-2H3/b23-14-/t18-/m1/s1. The van der Waals surface area contributed by atoms with Crippen LogP contribution in [0.2, 0.25) is 0 Å². The minimum absolute atomic E-state index is 0.123. The van der Waals surface area contributed by atoms with Gasteiger partial charge in [0, 0.05) is 29.7 Å². The SMILES string of the molecule is CCc1cccc2c(/C=C3\SC(=S)N(Cc4ccco4)C3=O)cn(CC(=O)N3CCCC[C@H]3C)c12. The van der Waals surface area contributed by atoms with Crippen LogP contribution in [0, 0.1) is 0 Å². The Morgan fingerprint density at radius 3 is 2.86 bits per heavy atom. The summed E-state index contributed by atoms with van der Waals surface area (Å²) in [5.41, 5.74) is 3.17. The summed E-state index contributed by atoms with van der Waals surface area (Å²) in [5, 5.41) is 1.04. The van der Waals surface area contributed by atoms with Crippen molar-refractivity contribution in [3.05, 3.63) is 64.6 Å². The van der Waals surface area contributed by atoms with Crippen molar-refractivity contribution in [2.75, 3.05) is 6.54 Å². The molecule has 2 aliphatic rings. The molecule has 0 saturated carbocycles. The molecule has 0 unspecified atom stereocenters. The van der Waals surface area contributed by atoms with Gasteiger partial charge in [0.25, 0.3) is 5.91 Å².